The van der Waals surface area contributed by atoms with Crippen molar-refractivity contribution in [3.05, 3.63) is 76.1 Å². The maximum Gasteiger partial charge on any atom is 0.264 e. The van der Waals surface area contributed by atoms with Gasteiger partial charge in [0.05, 0.1) is 17.8 Å². The number of aromatic nitrogens is 1. The normalized spacial score (nSPS) is 11.5. The van der Waals surface area contributed by atoms with E-state index in [2.05, 4.69) is 10.5 Å². The van der Waals surface area contributed by atoms with Gasteiger partial charge in [0.1, 0.15) is 11.3 Å². The van der Waals surface area contributed by atoms with E-state index in [0.717, 1.165) is 5.56 Å². The summed E-state index contributed by atoms with van der Waals surface area (Å²) < 4.78 is 1.60. The zero-order valence-corrected chi connectivity index (χ0v) is 14.6. The molecule has 3 rings (SSSR count). The molecule has 0 spiro atoms. The maximum absolute atomic E-state index is 13.1. The first-order chi connectivity index (χ1) is 12.5. The third-order valence-corrected chi connectivity index (χ3v) is 4.07. The number of fused-ring (bicyclic) bond motifs is 1. The van der Waals surface area contributed by atoms with E-state index in [-0.39, 0.29) is 28.5 Å². The lowest BCUT2D eigenvalue weighted by molar-refractivity contribution is -0.118. The lowest BCUT2D eigenvalue weighted by Gasteiger charge is -2.15. The van der Waals surface area contributed by atoms with E-state index in [0.29, 0.717) is 17.4 Å². The van der Waals surface area contributed by atoms with Crippen LogP contribution in [-0.2, 0) is 11.3 Å². The molecular weight excluding hydrogens is 330 g/mol. The Balaban J connectivity index is 2.25. The number of para-hydroxylation sites is 1. The van der Waals surface area contributed by atoms with E-state index in [9.17, 15) is 14.7 Å². The van der Waals surface area contributed by atoms with Crippen molar-refractivity contribution in [3.63, 3.8) is 0 Å². The molecule has 3 aromatic rings. The molecule has 6 heteroatoms. The van der Waals surface area contributed by atoms with E-state index >= 15 is 0 Å². The van der Waals surface area contributed by atoms with Crippen molar-refractivity contribution in [2.24, 2.45) is 5.10 Å². The fourth-order valence-corrected chi connectivity index (χ4v) is 2.86. The highest BCUT2D eigenvalue weighted by atomic mass is 16.3. The SMILES string of the molecule is CC(=O)NN=C(C)c1c(O)c2ccccc2n(Cc2ccccc2)c1=O. The minimum atomic E-state index is -0.364. The number of aromatic hydroxyl groups is 1. The molecule has 2 N–H and O–H groups in total. The second-order valence-electron chi connectivity index (χ2n) is 5.98. The van der Waals surface area contributed by atoms with Gasteiger partial charge in [-0.1, -0.05) is 42.5 Å². The quantitative estimate of drug-likeness (QED) is 0.561. The van der Waals surface area contributed by atoms with Gasteiger partial charge in [-0.25, -0.2) is 5.43 Å². The van der Waals surface area contributed by atoms with Crippen molar-refractivity contribution in [3.8, 4) is 5.75 Å². The van der Waals surface area contributed by atoms with E-state index in [4.69, 9.17) is 0 Å². The lowest BCUT2D eigenvalue weighted by Crippen LogP contribution is -2.28. The molecule has 0 aliphatic rings. The molecule has 0 saturated carbocycles. The molecule has 0 unspecified atom stereocenters. The summed E-state index contributed by atoms with van der Waals surface area (Å²) in [6, 6.07) is 16.8. The fraction of sp³-hybridized carbons (Fsp3) is 0.150. The van der Waals surface area contributed by atoms with Crippen LogP contribution in [0.2, 0.25) is 0 Å². The first-order valence-corrected chi connectivity index (χ1v) is 8.18. The number of pyridine rings is 1. The Bertz CT molecular complexity index is 1050. The van der Waals surface area contributed by atoms with Crippen LogP contribution in [0.4, 0.5) is 0 Å². The van der Waals surface area contributed by atoms with Crippen molar-refractivity contribution < 1.29 is 9.90 Å². The molecule has 1 amide bonds. The summed E-state index contributed by atoms with van der Waals surface area (Å²) in [5.74, 6) is -0.490. The molecule has 132 valence electrons. The number of carbonyl (C=O) groups excluding carboxylic acids is 1. The molecule has 0 saturated heterocycles. The van der Waals surface area contributed by atoms with Gasteiger partial charge in [-0.3, -0.25) is 9.59 Å². The Kier molecular flexibility index (Phi) is 4.84. The molecule has 0 bridgehead atoms. The molecule has 0 radical (unpaired) electrons. The highest BCUT2D eigenvalue weighted by Gasteiger charge is 2.18. The van der Waals surface area contributed by atoms with E-state index in [1.165, 1.54) is 6.92 Å². The Labute approximate surface area is 150 Å². The van der Waals surface area contributed by atoms with Crippen molar-refractivity contribution in [2.45, 2.75) is 20.4 Å². The van der Waals surface area contributed by atoms with Gasteiger partial charge in [-0.2, -0.15) is 5.10 Å². The van der Waals surface area contributed by atoms with Gasteiger partial charge in [0.15, 0.2) is 0 Å². The largest absolute Gasteiger partial charge is 0.506 e. The highest BCUT2D eigenvalue weighted by Crippen LogP contribution is 2.27. The summed E-state index contributed by atoms with van der Waals surface area (Å²) in [6.45, 7) is 3.26. The van der Waals surface area contributed by atoms with Gasteiger partial charge in [0, 0.05) is 12.3 Å². The molecule has 6 nitrogen and oxygen atoms in total. The van der Waals surface area contributed by atoms with Crippen molar-refractivity contribution in [2.75, 3.05) is 0 Å². The van der Waals surface area contributed by atoms with Crippen molar-refractivity contribution in [1.29, 1.82) is 0 Å². The molecule has 0 aliphatic carbocycles. The van der Waals surface area contributed by atoms with Crippen LogP contribution in [0.15, 0.2) is 64.5 Å². The van der Waals surface area contributed by atoms with Crippen molar-refractivity contribution in [1.82, 2.24) is 9.99 Å². The van der Waals surface area contributed by atoms with Gasteiger partial charge in [-0.05, 0) is 24.6 Å². The van der Waals surface area contributed by atoms with Gasteiger partial charge < -0.3 is 9.67 Å². The van der Waals surface area contributed by atoms with E-state index in [1.54, 1.807) is 29.7 Å². The predicted molar refractivity (Wildman–Crippen MR) is 101 cm³/mol. The van der Waals surface area contributed by atoms with E-state index in [1.807, 2.05) is 36.4 Å². The first kappa shape index (κ1) is 17.4. The molecule has 1 aromatic heterocycles. The molecule has 0 aliphatic heterocycles. The lowest BCUT2D eigenvalue weighted by atomic mass is 10.1. The van der Waals surface area contributed by atoms with Crippen LogP contribution >= 0.6 is 0 Å². The van der Waals surface area contributed by atoms with Gasteiger partial charge in [0.2, 0.25) is 5.91 Å². The van der Waals surface area contributed by atoms with Crippen LogP contribution in [0.5, 0.6) is 5.75 Å². The molecule has 2 aromatic carbocycles. The number of hydrogen-bond donors (Lipinski definition) is 2. The van der Waals surface area contributed by atoms with Gasteiger partial charge >= 0.3 is 0 Å². The zero-order valence-electron chi connectivity index (χ0n) is 14.6. The number of carbonyl (C=O) groups is 1. The van der Waals surface area contributed by atoms with Crippen LogP contribution in [0.25, 0.3) is 10.9 Å². The van der Waals surface area contributed by atoms with Crippen molar-refractivity contribution >= 4 is 22.5 Å². The average Bonchev–Trinajstić information content (AvgIpc) is 2.64. The number of amides is 1. The number of nitrogens with one attached hydrogen (secondary N) is 1. The predicted octanol–water partition coefficient (Wildman–Crippen LogP) is 2.62. The maximum atomic E-state index is 13.1. The Morgan fingerprint density at radius 3 is 2.42 bits per heavy atom. The molecule has 0 atom stereocenters. The average molecular weight is 349 g/mol. The monoisotopic (exact) mass is 349 g/mol. The minimum Gasteiger partial charge on any atom is -0.506 e. The van der Waals surface area contributed by atoms with Gasteiger partial charge in [-0.15, -0.1) is 0 Å². The first-order valence-electron chi connectivity index (χ1n) is 8.18. The zero-order chi connectivity index (χ0) is 18.7. The number of nitrogens with zero attached hydrogens (tertiary/aromatic N) is 2. The summed E-state index contributed by atoms with van der Waals surface area (Å²) in [7, 11) is 0. The Morgan fingerprint density at radius 1 is 1.08 bits per heavy atom. The minimum absolute atomic E-state index is 0.0772. The molecular formula is C20H19N3O3. The second kappa shape index (κ2) is 7.23. The number of benzene rings is 2. The standard InChI is InChI=1S/C20H19N3O3/c1-13(21-22-14(2)24)18-19(25)16-10-6-7-11-17(16)23(20(18)26)12-15-8-4-3-5-9-15/h3-11,25H,12H2,1-2H3,(H,22,24). The summed E-state index contributed by atoms with van der Waals surface area (Å²) in [5, 5.41) is 15.1. The number of hydrazone groups is 1. The van der Waals surface area contributed by atoms with Crippen LogP contribution in [-0.4, -0.2) is 21.3 Å². The summed E-state index contributed by atoms with van der Waals surface area (Å²) in [4.78, 5) is 24.2. The summed E-state index contributed by atoms with van der Waals surface area (Å²) >= 11 is 0. The third-order valence-electron chi connectivity index (χ3n) is 4.07. The third kappa shape index (κ3) is 3.35. The number of rotatable bonds is 4. The van der Waals surface area contributed by atoms with E-state index < -0.39 is 0 Å². The number of hydrogen-bond acceptors (Lipinski definition) is 4. The molecule has 1 heterocycles. The topological polar surface area (TPSA) is 83.7 Å². The highest BCUT2D eigenvalue weighted by molar-refractivity contribution is 6.05. The van der Waals surface area contributed by atoms with Crippen LogP contribution in [0.1, 0.15) is 25.0 Å². The van der Waals surface area contributed by atoms with Gasteiger partial charge in [0.25, 0.3) is 5.56 Å². The smallest absolute Gasteiger partial charge is 0.264 e. The Morgan fingerprint density at radius 2 is 1.73 bits per heavy atom. The van der Waals surface area contributed by atoms with Crippen LogP contribution < -0.4 is 11.0 Å². The molecule has 0 fully saturated rings. The second-order valence-corrected chi connectivity index (χ2v) is 5.98. The molecule has 26 heavy (non-hydrogen) atoms. The van der Waals surface area contributed by atoms with Crippen LogP contribution in [0, 0.1) is 0 Å². The fourth-order valence-electron chi connectivity index (χ4n) is 2.86. The Hall–Kier alpha value is -3.41. The summed E-state index contributed by atoms with van der Waals surface area (Å²) in [5.41, 5.74) is 3.86. The van der Waals surface area contributed by atoms with Crippen LogP contribution in [0.3, 0.4) is 0 Å². The summed E-state index contributed by atoms with van der Waals surface area (Å²) in [6.07, 6.45) is 0.